The Bertz CT molecular complexity index is 997. The summed E-state index contributed by atoms with van der Waals surface area (Å²) in [4.78, 5) is 10.9. The van der Waals surface area contributed by atoms with Gasteiger partial charge in [0.05, 0.1) is 23.0 Å². The highest BCUT2D eigenvalue weighted by Crippen LogP contribution is 2.22. The van der Waals surface area contributed by atoms with Crippen LogP contribution in [0.25, 0.3) is 22.2 Å². The van der Waals surface area contributed by atoms with E-state index in [9.17, 15) is 8.42 Å². The molecule has 28 heavy (non-hydrogen) atoms. The molecule has 0 aliphatic rings. The average molecular weight is 422 g/mol. The molecule has 3 heterocycles. The SMILES string of the molecule is CCCN(CCCn1cc(-c2cnc3ccc(Cl)nc3c2)cn1)CC[SH](=O)=O. The van der Waals surface area contributed by atoms with Crippen LogP contribution >= 0.6 is 11.6 Å². The van der Waals surface area contributed by atoms with E-state index in [1.165, 1.54) is 0 Å². The molecule has 0 fully saturated rings. The van der Waals surface area contributed by atoms with Gasteiger partial charge in [-0.05, 0) is 44.1 Å². The number of fused-ring (bicyclic) bond motifs is 1. The first kappa shape index (κ1) is 20.7. The number of halogens is 1. The zero-order valence-corrected chi connectivity index (χ0v) is 17.4. The summed E-state index contributed by atoms with van der Waals surface area (Å²) in [5, 5.41) is 4.88. The van der Waals surface area contributed by atoms with Gasteiger partial charge in [-0.3, -0.25) is 9.67 Å². The van der Waals surface area contributed by atoms with Crippen LogP contribution in [0.2, 0.25) is 5.15 Å². The van der Waals surface area contributed by atoms with Crippen LogP contribution in [0.1, 0.15) is 19.8 Å². The van der Waals surface area contributed by atoms with Crippen molar-refractivity contribution in [2.24, 2.45) is 0 Å². The lowest BCUT2D eigenvalue weighted by Gasteiger charge is -2.20. The Kier molecular flexibility index (Phi) is 7.36. The minimum absolute atomic E-state index is 0.217. The molecule has 0 bridgehead atoms. The Hall–Kier alpha value is -2.03. The molecule has 7 nitrogen and oxygen atoms in total. The van der Waals surface area contributed by atoms with Crippen LogP contribution in [0, 0.1) is 0 Å². The van der Waals surface area contributed by atoms with Gasteiger partial charge in [0.1, 0.15) is 15.9 Å². The zero-order valence-electron chi connectivity index (χ0n) is 15.8. The summed E-state index contributed by atoms with van der Waals surface area (Å²) in [7, 11) is -2.32. The largest absolute Gasteiger partial charge is 0.302 e. The number of rotatable bonds is 10. The summed E-state index contributed by atoms with van der Waals surface area (Å²) in [5.74, 6) is 0.217. The van der Waals surface area contributed by atoms with E-state index in [-0.39, 0.29) is 5.75 Å². The van der Waals surface area contributed by atoms with Crippen molar-refractivity contribution in [3.05, 3.63) is 41.9 Å². The highest BCUT2D eigenvalue weighted by molar-refractivity contribution is 7.72. The fraction of sp³-hybridized carbons (Fsp3) is 0.421. The number of hydrogen-bond acceptors (Lipinski definition) is 6. The third kappa shape index (κ3) is 5.73. The molecule has 0 saturated carbocycles. The standard InChI is InChI=1S/C19H24ClN5O2S/c1-2-6-24(9-10-28(26)27)7-3-8-25-14-16(13-22-25)15-11-18-17(21-12-15)4-5-19(20)23-18/h4-5,11-14,28H,2-3,6-10H2,1H3. The van der Waals surface area contributed by atoms with Crippen molar-refractivity contribution in [3.63, 3.8) is 0 Å². The molecule has 0 aliphatic heterocycles. The smallest absolute Gasteiger partial charge is 0.141 e. The van der Waals surface area contributed by atoms with Crippen molar-refractivity contribution >= 4 is 33.3 Å². The van der Waals surface area contributed by atoms with Gasteiger partial charge in [0.25, 0.3) is 0 Å². The number of aromatic nitrogens is 4. The molecule has 9 heteroatoms. The maximum atomic E-state index is 10.8. The molecule has 0 amide bonds. The molecular weight excluding hydrogens is 398 g/mol. The Morgan fingerprint density at radius 1 is 1.11 bits per heavy atom. The number of hydrogen-bond donors (Lipinski definition) is 1. The molecule has 3 aromatic rings. The predicted molar refractivity (Wildman–Crippen MR) is 112 cm³/mol. The summed E-state index contributed by atoms with van der Waals surface area (Å²) in [6.07, 6.45) is 7.54. The van der Waals surface area contributed by atoms with Crippen molar-refractivity contribution in [1.82, 2.24) is 24.6 Å². The first-order chi connectivity index (χ1) is 13.5. The van der Waals surface area contributed by atoms with Gasteiger partial charge in [-0.1, -0.05) is 18.5 Å². The van der Waals surface area contributed by atoms with Crippen LogP contribution < -0.4 is 0 Å². The van der Waals surface area contributed by atoms with Crippen molar-refractivity contribution in [3.8, 4) is 11.1 Å². The summed E-state index contributed by atoms with van der Waals surface area (Å²) < 4.78 is 23.5. The van der Waals surface area contributed by atoms with Crippen molar-refractivity contribution < 1.29 is 8.42 Å². The zero-order chi connectivity index (χ0) is 19.9. The number of pyridine rings is 2. The lowest BCUT2D eigenvalue weighted by Crippen LogP contribution is -2.29. The van der Waals surface area contributed by atoms with Gasteiger partial charge in [0.15, 0.2) is 0 Å². The fourth-order valence-corrected chi connectivity index (χ4v) is 3.71. The van der Waals surface area contributed by atoms with Gasteiger partial charge in [0, 0.05) is 36.6 Å². The molecule has 150 valence electrons. The average Bonchev–Trinajstić information content (AvgIpc) is 3.14. The van der Waals surface area contributed by atoms with Gasteiger partial charge < -0.3 is 4.90 Å². The quantitative estimate of drug-likeness (QED) is 0.400. The topological polar surface area (TPSA) is 81.0 Å². The lowest BCUT2D eigenvalue weighted by molar-refractivity contribution is 0.278. The molecule has 0 atom stereocenters. The highest BCUT2D eigenvalue weighted by atomic mass is 35.5. The molecule has 0 saturated heterocycles. The van der Waals surface area contributed by atoms with E-state index in [0.717, 1.165) is 54.6 Å². The van der Waals surface area contributed by atoms with Gasteiger partial charge in [-0.25, -0.2) is 13.4 Å². The van der Waals surface area contributed by atoms with Crippen LogP contribution in [0.5, 0.6) is 0 Å². The predicted octanol–water partition coefficient (Wildman–Crippen LogP) is 2.86. The molecule has 0 radical (unpaired) electrons. The number of thiol groups is 1. The maximum Gasteiger partial charge on any atom is 0.141 e. The van der Waals surface area contributed by atoms with Crippen LogP contribution in [-0.4, -0.2) is 58.5 Å². The first-order valence-electron chi connectivity index (χ1n) is 9.34. The van der Waals surface area contributed by atoms with E-state index in [1.54, 1.807) is 6.07 Å². The molecule has 0 spiro atoms. The van der Waals surface area contributed by atoms with Crippen LogP contribution in [0.3, 0.4) is 0 Å². The normalized spacial score (nSPS) is 11.7. The molecule has 0 aliphatic carbocycles. The third-order valence-electron chi connectivity index (χ3n) is 4.47. The Labute approximate surface area is 171 Å². The van der Waals surface area contributed by atoms with Gasteiger partial charge in [0.2, 0.25) is 0 Å². The molecule has 0 aromatic carbocycles. The third-order valence-corrected chi connectivity index (χ3v) is 5.25. The number of nitrogens with zero attached hydrogens (tertiary/aromatic N) is 5. The highest BCUT2D eigenvalue weighted by Gasteiger charge is 2.07. The molecule has 0 N–H and O–H groups in total. The summed E-state index contributed by atoms with van der Waals surface area (Å²) in [6, 6.07) is 5.54. The number of aryl methyl sites for hydroxylation is 1. The van der Waals surface area contributed by atoms with Crippen molar-refractivity contribution in [2.75, 3.05) is 25.4 Å². The van der Waals surface area contributed by atoms with Crippen LogP contribution in [-0.2, 0) is 17.2 Å². The minimum atomic E-state index is -2.32. The van der Waals surface area contributed by atoms with Crippen molar-refractivity contribution in [2.45, 2.75) is 26.3 Å². The summed E-state index contributed by atoms with van der Waals surface area (Å²) in [5.41, 5.74) is 3.48. The first-order valence-corrected chi connectivity index (χ1v) is 11.1. The summed E-state index contributed by atoms with van der Waals surface area (Å²) in [6.45, 7) is 5.23. The monoisotopic (exact) mass is 421 g/mol. The second kappa shape index (κ2) is 9.95. The Morgan fingerprint density at radius 3 is 2.75 bits per heavy atom. The molecular formula is C19H24ClN5O2S. The van der Waals surface area contributed by atoms with E-state index in [1.807, 2.05) is 35.4 Å². The second-order valence-corrected chi connectivity index (χ2v) is 8.14. The molecule has 3 rings (SSSR count). The lowest BCUT2D eigenvalue weighted by atomic mass is 10.1. The molecule has 0 unspecified atom stereocenters. The second-order valence-electron chi connectivity index (χ2n) is 6.64. The fourth-order valence-electron chi connectivity index (χ4n) is 3.11. The van der Waals surface area contributed by atoms with Crippen molar-refractivity contribution in [1.29, 1.82) is 0 Å². The summed E-state index contributed by atoms with van der Waals surface area (Å²) >= 11 is 5.97. The van der Waals surface area contributed by atoms with Crippen LogP contribution in [0.15, 0.2) is 36.8 Å². The van der Waals surface area contributed by atoms with Crippen LogP contribution in [0.4, 0.5) is 0 Å². The Morgan fingerprint density at radius 2 is 1.96 bits per heavy atom. The van der Waals surface area contributed by atoms with E-state index < -0.39 is 10.7 Å². The van der Waals surface area contributed by atoms with Gasteiger partial charge in [-0.2, -0.15) is 5.10 Å². The molecule has 3 aromatic heterocycles. The Balaban J connectivity index is 1.60. The van der Waals surface area contributed by atoms with E-state index in [2.05, 4.69) is 26.9 Å². The maximum absolute atomic E-state index is 10.8. The van der Waals surface area contributed by atoms with E-state index >= 15 is 0 Å². The van der Waals surface area contributed by atoms with E-state index in [0.29, 0.717) is 11.7 Å². The van der Waals surface area contributed by atoms with E-state index in [4.69, 9.17) is 11.6 Å². The minimum Gasteiger partial charge on any atom is -0.302 e. The van der Waals surface area contributed by atoms with Gasteiger partial charge >= 0.3 is 0 Å². The van der Waals surface area contributed by atoms with Gasteiger partial charge in [-0.15, -0.1) is 0 Å².